The fraction of sp³-hybridized carbons (Fsp3) is 0.462. The van der Waals surface area contributed by atoms with Gasteiger partial charge in [0.15, 0.2) is 0 Å². The summed E-state index contributed by atoms with van der Waals surface area (Å²) in [6, 6.07) is 0.213. The maximum absolute atomic E-state index is 11.8. The van der Waals surface area contributed by atoms with Crippen LogP contribution < -0.4 is 5.84 Å². The number of ether oxygens (including phenoxy) is 1. The van der Waals surface area contributed by atoms with Gasteiger partial charge in [0.1, 0.15) is 18.5 Å². The van der Waals surface area contributed by atoms with Crippen LogP contribution in [0.2, 0.25) is 0 Å². The van der Waals surface area contributed by atoms with Crippen LogP contribution in [-0.4, -0.2) is 45.7 Å². The first-order chi connectivity index (χ1) is 10.1. The lowest BCUT2D eigenvalue weighted by Crippen LogP contribution is -2.50. The molecule has 4 aliphatic rings. The second-order valence-electron chi connectivity index (χ2n) is 5.66. The molecule has 3 atom stereocenters. The number of nitrogens with two attached hydrogens (primary N) is 1. The van der Waals surface area contributed by atoms with Crippen LogP contribution in [0.15, 0.2) is 33.8 Å². The third-order valence-electron chi connectivity index (χ3n) is 4.49. The molecule has 0 saturated carbocycles. The molecule has 0 spiro atoms. The molecule has 0 bridgehead atoms. The molecule has 0 aromatic rings. The van der Waals surface area contributed by atoms with E-state index in [-0.39, 0.29) is 22.6 Å². The van der Waals surface area contributed by atoms with Gasteiger partial charge in [-0.1, -0.05) is 0 Å². The number of halogens is 1. The molecule has 1 unspecified atom stereocenters. The molecule has 21 heavy (non-hydrogen) atoms. The van der Waals surface area contributed by atoms with E-state index in [0.717, 1.165) is 24.2 Å². The van der Waals surface area contributed by atoms with Gasteiger partial charge in [-0.3, -0.25) is 4.99 Å². The Morgan fingerprint density at radius 2 is 2.33 bits per heavy atom. The van der Waals surface area contributed by atoms with Gasteiger partial charge in [-0.25, -0.2) is 4.79 Å². The third kappa shape index (κ3) is 1.82. The van der Waals surface area contributed by atoms with Crippen molar-refractivity contribution in [2.24, 2.45) is 21.7 Å². The van der Waals surface area contributed by atoms with E-state index in [0.29, 0.717) is 17.9 Å². The SMILES string of the molecule is N[N+]12C=CN=CC1=C([C@@H]1CC[C@H]3COC(=O)N3C1)N=C2Br. The smallest absolute Gasteiger partial charge is 0.410 e. The van der Waals surface area contributed by atoms with E-state index in [2.05, 4.69) is 25.9 Å². The van der Waals surface area contributed by atoms with Crippen LogP contribution in [0.25, 0.3) is 0 Å². The van der Waals surface area contributed by atoms with E-state index >= 15 is 0 Å². The third-order valence-corrected chi connectivity index (χ3v) is 5.25. The highest BCUT2D eigenvalue weighted by molar-refractivity contribution is 9.18. The summed E-state index contributed by atoms with van der Waals surface area (Å²) in [7, 11) is 0. The summed E-state index contributed by atoms with van der Waals surface area (Å²) in [6.45, 7) is 1.13. The van der Waals surface area contributed by atoms with Crippen molar-refractivity contribution in [3.63, 3.8) is 0 Å². The molecule has 8 heteroatoms. The van der Waals surface area contributed by atoms with Gasteiger partial charge in [-0.15, -0.1) is 4.59 Å². The zero-order valence-corrected chi connectivity index (χ0v) is 12.9. The zero-order chi connectivity index (χ0) is 14.6. The molecule has 0 aromatic carbocycles. The number of hydrogen-bond donors (Lipinski definition) is 1. The van der Waals surface area contributed by atoms with E-state index in [1.54, 1.807) is 18.6 Å². The Morgan fingerprint density at radius 3 is 3.19 bits per heavy atom. The van der Waals surface area contributed by atoms with Crippen molar-refractivity contribution in [3.8, 4) is 0 Å². The number of aliphatic imine (C=N–C) groups is 2. The minimum atomic E-state index is -0.220. The Balaban J connectivity index is 1.68. The van der Waals surface area contributed by atoms with Gasteiger partial charge < -0.3 is 9.64 Å². The summed E-state index contributed by atoms with van der Waals surface area (Å²) in [5.41, 5.74) is 1.77. The number of rotatable bonds is 1. The topological polar surface area (TPSA) is 80.3 Å². The first-order valence-electron chi connectivity index (χ1n) is 6.90. The number of amidine groups is 1. The molecule has 4 aliphatic heterocycles. The number of fused-ring (bicyclic) bond motifs is 2. The summed E-state index contributed by atoms with van der Waals surface area (Å²) in [4.78, 5) is 22.3. The number of carbonyl (C=O) groups excluding carboxylic acids is 1. The van der Waals surface area contributed by atoms with Crippen LogP contribution in [-0.2, 0) is 4.74 Å². The van der Waals surface area contributed by atoms with Gasteiger partial charge in [0.05, 0.1) is 18.5 Å². The first-order valence-corrected chi connectivity index (χ1v) is 7.70. The average Bonchev–Trinajstić information content (AvgIpc) is 2.98. The molecule has 2 N–H and O–H groups in total. The Bertz CT molecular complexity index is 640. The molecular formula is C13H15BrN5O2+. The van der Waals surface area contributed by atoms with Crippen molar-refractivity contribution in [2.45, 2.75) is 18.9 Å². The van der Waals surface area contributed by atoms with E-state index in [9.17, 15) is 4.79 Å². The molecule has 0 radical (unpaired) electrons. The highest BCUT2D eigenvalue weighted by Gasteiger charge is 2.47. The quantitative estimate of drug-likeness (QED) is 0.440. The molecule has 7 nitrogen and oxygen atoms in total. The summed E-state index contributed by atoms with van der Waals surface area (Å²) < 4.78 is 5.78. The number of nitrogens with zero attached hydrogens (tertiary/aromatic N) is 4. The van der Waals surface area contributed by atoms with Crippen molar-refractivity contribution in [1.82, 2.24) is 4.90 Å². The predicted octanol–water partition coefficient (Wildman–Crippen LogP) is 1.44. The van der Waals surface area contributed by atoms with Crippen LogP contribution in [0.5, 0.6) is 0 Å². The Kier molecular flexibility index (Phi) is 2.82. The van der Waals surface area contributed by atoms with Gasteiger partial charge in [0, 0.05) is 28.4 Å². The molecule has 4 rings (SSSR count). The summed E-state index contributed by atoms with van der Waals surface area (Å²) in [6.07, 6.45) is 6.88. The van der Waals surface area contributed by atoms with Gasteiger partial charge in [0.2, 0.25) is 5.70 Å². The van der Waals surface area contributed by atoms with Crippen molar-refractivity contribution in [2.75, 3.05) is 13.2 Å². The van der Waals surface area contributed by atoms with Gasteiger partial charge in [-0.05, 0) is 12.8 Å². The molecular weight excluding hydrogens is 338 g/mol. The largest absolute Gasteiger partial charge is 0.447 e. The lowest BCUT2D eigenvalue weighted by molar-refractivity contribution is -0.746. The molecule has 2 saturated heterocycles. The van der Waals surface area contributed by atoms with Crippen molar-refractivity contribution >= 4 is 33.0 Å². The highest BCUT2D eigenvalue weighted by atomic mass is 79.9. The maximum atomic E-state index is 11.8. The normalized spacial score (nSPS) is 37.5. The van der Waals surface area contributed by atoms with Gasteiger partial charge >= 0.3 is 10.8 Å². The van der Waals surface area contributed by atoms with E-state index < -0.39 is 0 Å². The van der Waals surface area contributed by atoms with Gasteiger partial charge in [0.25, 0.3) is 0 Å². The fourth-order valence-corrected chi connectivity index (χ4v) is 3.79. The lowest BCUT2D eigenvalue weighted by Gasteiger charge is -2.32. The monoisotopic (exact) mass is 352 g/mol. The second kappa shape index (κ2) is 4.49. The number of quaternary nitrogens is 1. The van der Waals surface area contributed by atoms with Gasteiger partial charge in [-0.2, -0.15) is 10.8 Å². The van der Waals surface area contributed by atoms with Crippen molar-refractivity contribution < 1.29 is 14.1 Å². The van der Waals surface area contributed by atoms with E-state index in [1.807, 2.05) is 4.90 Å². The van der Waals surface area contributed by atoms with E-state index in [4.69, 9.17) is 10.6 Å². The zero-order valence-electron chi connectivity index (χ0n) is 11.3. The molecule has 2 fully saturated rings. The average molecular weight is 353 g/mol. The Morgan fingerprint density at radius 1 is 1.48 bits per heavy atom. The molecule has 110 valence electrons. The van der Waals surface area contributed by atoms with Crippen LogP contribution in [0.4, 0.5) is 4.79 Å². The maximum Gasteiger partial charge on any atom is 0.410 e. The Hall–Kier alpha value is -1.51. The van der Waals surface area contributed by atoms with E-state index in [1.165, 1.54) is 0 Å². The number of piperidine rings is 1. The number of carbonyl (C=O) groups is 1. The summed E-state index contributed by atoms with van der Waals surface area (Å²) in [5.74, 6) is 6.52. The van der Waals surface area contributed by atoms with Crippen molar-refractivity contribution in [3.05, 3.63) is 23.8 Å². The number of allylic oxidation sites excluding steroid dienone is 1. The predicted molar refractivity (Wildman–Crippen MR) is 80.0 cm³/mol. The molecule has 0 aliphatic carbocycles. The van der Waals surface area contributed by atoms with Crippen molar-refractivity contribution in [1.29, 1.82) is 0 Å². The minimum Gasteiger partial charge on any atom is -0.447 e. The lowest BCUT2D eigenvalue weighted by atomic mass is 9.90. The number of amides is 1. The molecule has 0 aromatic heterocycles. The molecule has 4 heterocycles. The minimum absolute atomic E-state index is 0.0171. The molecule has 1 amide bonds. The fourth-order valence-electron chi connectivity index (χ4n) is 3.29. The summed E-state index contributed by atoms with van der Waals surface area (Å²) >= 11 is 3.45. The summed E-state index contributed by atoms with van der Waals surface area (Å²) in [5, 5.41) is 0. The highest BCUT2D eigenvalue weighted by Crippen LogP contribution is 2.39. The first kappa shape index (κ1) is 13.2. The Labute approximate surface area is 130 Å². The van der Waals surface area contributed by atoms with Crippen LogP contribution >= 0.6 is 15.9 Å². The standard InChI is InChI=1S/C13H15BrN5O2/c14-12-17-11(10-5-16-3-4-19(10,12)15)8-1-2-9-7-21-13(20)18(9)6-8/h3-5,8-9H,1-2,6-7,15H2/q+1/t8-,9+,19?/m1/s1. The number of cyclic esters (lactones) is 1. The van der Waals surface area contributed by atoms with Crippen LogP contribution in [0, 0.1) is 5.92 Å². The van der Waals surface area contributed by atoms with Crippen LogP contribution in [0.3, 0.4) is 0 Å². The number of hydrogen-bond acceptors (Lipinski definition) is 5. The second-order valence-corrected chi connectivity index (χ2v) is 6.37. The van der Waals surface area contributed by atoms with Crippen LogP contribution in [0.1, 0.15) is 12.8 Å².